The number of β-amino-alcohol motifs (C(OH)–C–C–N with tert-alkyl or cyclic N) is 1. The Hall–Kier alpha value is -3.37. The molecule has 9 nitrogen and oxygen atoms in total. The number of hydrogen-bond acceptors (Lipinski definition) is 7. The number of ether oxygens (including phenoxy) is 1. The van der Waals surface area contributed by atoms with Crippen LogP contribution >= 0.6 is 11.6 Å². The van der Waals surface area contributed by atoms with Crippen molar-refractivity contribution in [1.82, 2.24) is 14.8 Å². The minimum atomic E-state index is -1.08. The Balaban J connectivity index is 1.71. The van der Waals surface area contributed by atoms with Gasteiger partial charge in [0.15, 0.2) is 5.75 Å². The van der Waals surface area contributed by atoms with E-state index >= 15 is 4.39 Å². The Morgan fingerprint density at radius 2 is 2.03 bits per heavy atom. The second-order valence-corrected chi connectivity index (χ2v) is 11.3. The highest BCUT2D eigenvalue weighted by atomic mass is 35.5. The summed E-state index contributed by atoms with van der Waals surface area (Å²) in [4.78, 5) is 36.1. The first-order valence-electron chi connectivity index (χ1n) is 12.4. The zero-order chi connectivity index (χ0) is 27.6. The number of nitrogens with zero attached hydrogens (tertiary/aromatic N) is 4. The van der Waals surface area contributed by atoms with E-state index in [1.165, 1.54) is 24.3 Å². The zero-order valence-electron chi connectivity index (χ0n) is 21.5. The van der Waals surface area contributed by atoms with E-state index in [1.54, 1.807) is 16.7 Å². The molecule has 0 radical (unpaired) electrons. The summed E-state index contributed by atoms with van der Waals surface area (Å²) in [5.41, 5.74) is -1.90. The van der Waals surface area contributed by atoms with Crippen LogP contribution in [-0.4, -0.2) is 86.8 Å². The minimum absolute atomic E-state index is 0.0256. The number of carbonyl (C=O) groups excluding carboxylic acids is 2. The molecule has 0 bridgehead atoms. The van der Waals surface area contributed by atoms with Gasteiger partial charge >= 0.3 is 0 Å². The van der Waals surface area contributed by atoms with Gasteiger partial charge in [-0.25, -0.2) is 9.37 Å². The van der Waals surface area contributed by atoms with Gasteiger partial charge in [-0.05, 0) is 39.0 Å². The van der Waals surface area contributed by atoms with Crippen LogP contribution in [0.4, 0.5) is 10.2 Å². The summed E-state index contributed by atoms with van der Waals surface area (Å²) < 4.78 is 21.2. The monoisotopic (exact) mass is 544 g/mol. The molecule has 4 heterocycles. The number of carbonyl (C=O) groups is 2. The molecule has 1 aromatic heterocycles. The second kappa shape index (κ2) is 9.13. The number of phenolic OH excluding ortho intramolecular Hbond substituents is 1. The minimum Gasteiger partial charge on any atom is -0.507 e. The van der Waals surface area contributed by atoms with E-state index in [1.807, 2.05) is 18.7 Å². The number of halogens is 2. The number of aliphatic hydroxyl groups is 1. The van der Waals surface area contributed by atoms with Crippen LogP contribution in [0, 0.1) is 5.82 Å². The quantitative estimate of drug-likeness (QED) is 0.571. The van der Waals surface area contributed by atoms with Gasteiger partial charge in [0.2, 0.25) is 5.91 Å². The van der Waals surface area contributed by atoms with E-state index < -0.39 is 23.0 Å². The molecule has 0 saturated carbocycles. The number of piperazine rings is 1. The number of anilines is 1. The maximum absolute atomic E-state index is 15.0. The molecule has 202 valence electrons. The van der Waals surface area contributed by atoms with Gasteiger partial charge in [0.05, 0.1) is 17.2 Å². The summed E-state index contributed by atoms with van der Waals surface area (Å²) in [5.74, 6) is -1.53. The molecular weight excluding hydrogens is 515 g/mol. The van der Waals surface area contributed by atoms with Crippen molar-refractivity contribution in [2.75, 3.05) is 37.7 Å². The maximum Gasteiger partial charge on any atom is 0.261 e. The fraction of sp³-hybridized carbons (Fsp3) is 0.444. The lowest BCUT2D eigenvalue weighted by atomic mass is 9.94. The highest BCUT2D eigenvalue weighted by Gasteiger charge is 2.49. The third-order valence-corrected chi connectivity index (χ3v) is 7.82. The standard InChI is InChI=1S/C27H30ClFN4O5/c1-5-18(35)31-9-10-32-15(11-31)12-38-23-20(25(32)36)24(33-14-27(4,37)13-26(33,2)3)30-22(21(23)28)19-16(29)7-6-8-17(19)34/h5-8,15,34,37H,1,9-14H2,2-4H3/t15-,27-/m1/s1. The van der Waals surface area contributed by atoms with Crippen molar-refractivity contribution in [1.29, 1.82) is 0 Å². The van der Waals surface area contributed by atoms with Gasteiger partial charge in [-0.15, -0.1) is 0 Å². The lowest BCUT2D eigenvalue weighted by molar-refractivity contribution is -0.128. The van der Waals surface area contributed by atoms with E-state index in [-0.39, 0.29) is 77.2 Å². The molecule has 0 spiro atoms. The molecule has 3 aliphatic heterocycles. The van der Waals surface area contributed by atoms with Crippen molar-refractivity contribution in [3.8, 4) is 22.8 Å². The fourth-order valence-electron chi connectivity index (χ4n) is 5.88. The van der Waals surface area contributed by atoms with E-state index in [9.17, 15) is 19.8 Å². The van der Waals surface area contributed by atoms with Gasteiger partial charge in [-0.2, -0.15) is 0 Å². The average Bonchev–Trinajstić information content (AvgIpc) is 2.98. The summed E-state index contributed by atoms with van der Waals surface area (Å²) in [6, 6.07) is 3.41. The molecule has 2 atom stereocenters. The highest BCUT2D eigenvalue weighted by molar-refractivity contribution is 6.35. The van der Waals surface area contributed by atoms with Gasteiger partial charge in [0, 0.05) is 38.1 Å². The second-order valence-electron chi connectivity index (χ2n) is 11.0. The van der Waals surface area contributed by atoms with E-state index in [2.05, 4.69) is 11.6 Å². The smallest absolute Gasteiger partial charge is 0.261 e. The molecule has 0 unspecified atom stereocenters. The first kappa shape index (κ1) is 26.2. The molecule has 2 saturated heterocycles. The summed E-state index contributed by atoms with van der Waals surface area (Å²) in [7, 11) is 0. The van der Waals surface area contributed by atoms with Crippen molar-refractivity contribution in [3.63, 3.8) is 0 Å². The molecular formula is C27H30ClFN4O5. The fourth-order valence-corrected chi connectivity index (χ4v) is 6.17. The molecule has 2 aromatic rings. The van der Waals surface area contributed by atoms with Gasteiger partial charge in [-0.3, -0.25) is 9.59 Å². The number of fused-ring (bicyclic) bond motifs is 2. The molecule has 3 aliphatic rings. The number of rotatable bonds is 3. The van der Waals surface area contributed by atoms with Crippen LogP contribution in [0.2, 0.25) is 5.02 Å². The molecule has 1 aromatic carbocycles. The number of hydrogen-bond donors (Lipinski definition) is 2. The van der Waals surface area contributed by atoms with E-state index in [4.69, 9.17) is 16.3 Å². The summed E-state index contributed by atoms with van der Waals surface area (Å²) in [5, 5.41) is 21.4. The molecule has 11 heteroatoms. The highest BCUT2D eigenvalue weighted by Crippen LogP contribution is 2.49. The number of aromatic nitrogens is 1. The first-order valence-corrected chi connectivity index (χ1v) is 12.8. The number of benzene rings is 1. The lowest BCUT2D eigenvalue weighted by Crippen LogP contribution is -2.57. The normalized spacial score (nSPS) is 24.4. The molecule has 2 fully saturated rings. The van der Waals surface area contributed by atoms with Crippen molar-refractivity contribution < 1.29 is 28.9 Å². The van der Waals surface area contributed by atoms with Crippen LogP contribution in [0.25, 0.3) is 11.3 Å². The van der Waals surface area contributed by atoms with Gasteiger partial charge in [-0.1, -0.05) is 24.2 Å². The first-order chi connectivity index (χ1) is 17.8. The third-order valence-electron chi connectivity index (χ3n) is 7.47. The van der Waals surface area contributed by atoms with Crippen LogP contribution in [-0.2, 0) is 4.79 Å². The number of aromatic hydroxyl groups is 1. The zero-order valence-corrected chi connectivity index (χ0v) is 22.3. The van der Waals surface area contributed by atoms with Crippen molar-refractivity contribution >= 4 is 29.2 Å². The average molecular weight is 545 g/mol. The molecule has 5 rings (SSSR count). The van der Waals surface area contributed by atoms with Crippen molar-refractivity contribution in [2.45, 2.75) is 44.4 Å². The Kier molecular flexibility index (Phi) is 6.30. The number of pyridine rings is 1. The van der Waals surface area contributed by atoms with Gasteiger partial charge in [0.25, 0.3) is 5.91 Å². The van der Waals surface area contributed by atoms with E-state index in [0.29, 0.717) is 13.0 Å². The predicted molar refractivity (Wildman–Crippen MR) is 140 cm³/mol. The Morgan fingerprint density at radius 1 is 1.29 bits per heavy atom. The predicted octanol–water partition coefficient (Wildman–Crippen LogP) is 3.22. The Bertz CT molecular complexity index is 1330. The van der Waals surface area contributed by atoms with Crippen LogP contribution in [0.3, 0.4) is 0 Å². The van der Waals surface area contributed by atoms with Crippen molar-refractivity contribution in [3.05, 3.63) is 47.3 Å². The van der Waals surface area contributed by atoms with Crippen LogP contribution in [0.1, 0.15) is 37.6 Å². The SMILES string of the molecule is C=CC(=O)N1CCN2C(=O)c3c(N4C[C@](C)(O)CC4(C)C)nc(-c4c(O)cccc4F)c(Cl)c3OC[C@H]2C1. The summed E-state index contributed by atoms with van der Waals surface area (Å²) in [6.45, 7) is 10.1. The largest absolute Gasteiger partial charge is 0.507 e. The summed E-state index contributed by atoms with van der Waals surface area (Å²) in [6.07, 6.45) is 1.62. The molecule has 38 heavy (non-hydrogen) atoms. The number of amides is 2. The van der Waals surface area contributed by atoms with Gasteiger partial charge < -0.3 is 29.6 Å². The maximum atomic E-state index is 15.0. The summed E-state index contributed by atoms with van der Waals surface area (Å²) >= 11 is 6.77. The molecule has 2 N–H and O–H groups in total. The third kappa shape index (κ3) is 4.25. The topological polar surface area (TPSA) is 106 Å². The van der Waals surface area contributed by atoms with E-state index in [0.717, 1.165) is 0 Å². The number of phenols is 1. The Morgan fingerprint density at radius 3 is 2.66 bits per heavy atom. The molecule has 0 aliphatic carbocycles. The Labute approximate surface area is 225 Å². The molecule has 2 amide bonds. The van der Waals surface area contributed by atoms with Gasteiger partial charge in [0.1, 0.15) is 40.3 Å². The van der Waals surface area contributed by atoms with Crippen LogP contribution in [0.5, 0.6) is 11.5 Å². The van der Waals surface area contributed by atoms with Crippen molar-refractivity contribution in [2.24, 2.45) is 0 Å². The van der Waals surface area contributed by atoms with Crippen LogP contribution < -0.4 is 9.64 Å². The van der Waals surface area contributed by atoms with Crippen LogP contribution in [0.15, 0.2) is 30.9 Å². The lowest BCUT2D eigenvalue weighted by Gasteiger charge is -2.40.